The molecule has 30 heavy (non-hydrogen) atoms. The van der Waals surface area contributed by atoms with Crippen molar-refractivity contribution in [2.75, 3.05) is 20.6 Å². The van der Waals surface area contributed by atoms with Gasteiger partial charge >= 0.3 is 6.09 Å². The number of carbonyl (C=O) groups is 1. The number of allylic oxidation sites excluding steroid dienone is 1. The molecule has 2 aromatic rings. The lowest BCUT2D eigenvalue weighted by Crippen LogP contribution is -2.22. The second-order valence-corrected chi connectivity index (χ2v) is 9.46. The van der Waals surface area contributed by atoms with E-state index in [-0.39, 0.29) is 28.2 Å². The van der Waals surface area contributed by atoms with E-state index in [0.717, 1.165) is 10.4 Å². The van der Waals surface area contributed by atoms with E-state index in [1.807, 2.05) is 5.32 Å². The van der Waals surface area contributed by atoms with Gasteiger partial charge in [-0.3, -0.25) is 0 Å². The smallest absolute Gasteiger partial charge is 0.404 e. The Morgan fingerprint density at radius 2 is 2.03 bits per heavy atom. The second kappa shape index (κ2) is 9.78. The van der Waals surface area contributed by atoms with Gasteiger partial charge in [-0.1, -0.05) is 29.3 Å². The van der Waals surface area contributed by atoms with Crippen molar-refractivity contribution in [3.05, 3.63) is 57.1 Å². The lowest BCUT2D eigenvalue weighted by Gasteiger charge is -2.13. The molecule has 1 heterocycles. The maximum absolute atomic E-state index is 14.0. The van der Waals surface area contributed by atoms with Crippen molar-refractivity contribution in [1.82, 2.24) is 19.4 Å². The second-order valence-electron chi connectivity index (χ2n) is 6.58. The zero-order chi connectivity index (χ0) is 22.6. The summed E-state index contributed by atoms with van der Waals surface area (Å²) in [5, 5.41) is 15.1. The molecular formula is C18H21Cl2FN4O4S. The number of aromatic nitrogens is 2. The van der Waals surface area contributed by atoms with Gasteiger partial charge in [0.05, 0.1) is 17.3 Å². The Morgan fingerprint density at radius 1 is 1.37 bits per heavy atom. The van der Waals surface area contributed by atoms with Crippen LogP contribution in [0.25, 0.3) is 0 Å². The predicted molar refractivity (Wildman–Crippen MR) is 112 cm³/mol. The Kier molecular flexibility index (Phi) is 7.87. The first-order valence-corrected chi connectivity index (χ1v) is 10.9. The standard InChI is InChI=1S/C18H21Cl2FN4O4S/c1-11-14(17(20)25(23-11)10-13(21)6-7-22-18(26)27)8-12-4-5-16(15(19)9-12)30(28,29)24(2)3/h4-6,9,22H,7-8,10H2,1-3H3,(H,26,27). The molecule has 1 aromatic carbocycles. The third-order valence-electron chi connectivity index (χ3n) is 4.20. The number of hydrogen-bond acceptors (Lipinski definition) is 4. The van der Waals surface area contributed by atoms with E-state index in [2.05, 4.69) is 5.10 Å². The number of carboxylic acid groups (broad SMARTS) is 1. The number of sulfonamides is 1. The third-order valence-corrected chi connectivity index (χ3v) is 6.92. The molecule has 0 aliphatic carbocycles. The summed E-state index contributed by atoms with van der Waals surface area (Å²) in [6.07, 6.45) is 0.154. The minimum atomic E-state index is -3.67. The van der Waals surface area contributed by atoms with E-state index in [0.29, 0.717) is 23.2 Å². The molecule has 1 amide bonds. The number of nitrogens with one attached hydrogen (secondary N) is 1. The summed E-state index contributed by atoms with van der Waals surface area (Å²) in [5.74, 6) is -0.596. The highest BCUT2D eigenvalue weighted by molar-refractivity contribution is 7.89. The summed E-state index contributed by atoms with van der Waals surface area (Å²) >= 11 is 12.5. The van der Waals surface area contributed by atoms with Crippen molar-refractivity contribution in [2.45, 2.75) is 24.8 Å². The minimum Gasteiger partial charge on any atom is -0.465 e. The van der Waals surface area contributed by atoms with Gasteiger partial charge in [0, 0.05) is 32.6 Å². The van der Waals surface area contributed by atoms with Crippen molar-refractivity contribution in [3.8, 4) is 0 Å². The Hall–Kier alpha value is -2.14. The SMILES string of the molecule is Cc1nn(CC(F)=CCNC(=O)O)c(Cl)c1Cc1ccc(S(=O)(=O)N(C)C)c(Cl)c1. The van der Waals surface area contributed by atoms with Crippen LogP contribution in [-0.2, 0) is 23.0 Å². The molecule has 0 atom stereocenters. The number of nitrogens with zero attached hydrogens (tertiary/aromatic N) is 3. The number of aryl methyl sites for hydroxylation is 1. The van der Waals surface area contributed by atoms with Crippen molar-refractivity contribution in [1.29, 1.82) is 0 Å². The van der Waals surface area contributed by atoms with Crippen LogP contribution in [0.15, 0.2) is 35.0 Å². The third kappa shape index (κ3) is 5.72. The highest BCUT2D eigenvalue weighted by atomic mass is 35.5. The number of amides is 1. The predicted octanol–water partition coefficient (Wildman–Crippen LogP) is 3.46. The van der Waals surface area contributed by atoms with Crippen LogP contribution < -0.4 is 5.32 Å². The van der Waals surface area contributed by atoms with Gasteiger partial charge in [-0.15, -0.1) is 0 Å². The van der Waals surface area contributed by atoms with Gasteiger partial charge in [0.2, 0.25) is 10.0 Å². The fourth-order valence-corrected chi connectivity index (χ4v) is 4.35. The monoisotopic (exact) mass is 478 g/mol. The average Bonchev–Trinajstić information content (AvgIpc) is 2.88. The molecule has 8 nitrogen and oxygen atoms in total. The fourth-order valence-electron chi connectivity index (χ4n) is 2.62. The molecule has 0 bridgehead atoms. The summed E-state index contributed by atoms with van der Waals surface area (Å²) in [5.41, 5.74) is 1.94. The van der Waals surface area contributed by atoms with Gasteiger partial charge in [0.15, 0.2) is 0 Å². The Balaban J connectivity index is 2.22. The van der Waals surface area contributed by atoms with Crippen molar-refractivity contribution in [3.63, 3.8) is 0 Å². The molecule has 0 fully saturated rings. The van der Waals surface area contributed by atoms with Crippen LogP contribution in [0, 0.1) is 6.92 Å². The van der Waals surface area contributed by atoms with Gasteiger partial charge in [0.25, 0.3) is 0 Å². The molecule has 0 aliphatic rings. The van der Waals surface area contributed by atoms with E-state index in [4.69, 9.17) is 28.3 Å². The Labute approximate surface area is 183 Å². The maximum atomic E-state index is 14.0. The molecule has 0 aliphatic heterocycles. The maximum Gasteiger partial charge on any atom is 0.404 e. The molecule has 2 rings (SSSR count). The molecule has 0 saturated heterocycles. The van der Waals surface area contributed by atoms with Crippen LogP contribution in [-0.4, -0.2) is 54.3 Å². The highest BCUT2D eigenvalue weighted by Gasteiger charge is 2.21. The van der Waals surface area contributed by atoms with Crippen LogP contribution >= 0.6 is 23.2 Å². The van der Waals surface area contributed by atoms with Crippen LogP contribution in [0.2, 0.25) is 10.2 Å². The van der Waals surface area contributed by atoms with E-state index >= 15 is 0 Å². The van der Waals surface area contributed by atoms with Gasteiger partial charge in [-0.2, -0.15) is 5.10 Å². The zero-order valence-corrected chi connectivity index (χ0v) is 18.8. The first-order valence-electron chi connectivity index (χ1n) is 8.67. The van der Waals surface area contributed by atoms with Crippen LogP contribution in [0.3, 0.4) is 0 Å². The van der Waals surface area contributed by atoms with Gasteiger partial charge in [-0.05, 0) is 30.7 Å². The average molecular weight is 479 g/mol. The van der Waals surface area contributed by atoms with E-state index in [9.17, 15) is 17.6 Å². The topological polar surface area (TPSA) is 105 Å². The van der Waals surface area contributed by atoms with E-state index < -0.39 is 21.9 Å². The van der Waals surface area contributed by atoms with Crippen molar-refractivity contribution >= 4 is 39.3 Å². The summed E-state index contributed by atoms with van der Waals surface area (Å²) in [6.45, 7) is 1.30. The number of rotatable bonds is 8. The summed E-state index contributed by atoms with van der Waals surface area (Å²) in [4.78, 5) is 10.4. The zero-order valence-electron chi connectivity index (χ0n) is 16.5. The van der Waals surface area contributed by atoms with E-state index in [1.165, 1.54) is 24.8 Å². The number of halogens is 3. The van der Waals surface area contributed by atoms with Crippen molar-refractivity contribution < 1.29 is 22.7 Å². The lowest BCUT2D eigenvalue weighted by molar-refractivity contribution is 0.195. The molecule has 0 saturated carbocycles. The number of hydrogen-bond donors (Lipinski definition) is 2. The normalized spacial score (nSPS) is 12.4. The van der Waals surface area contributed by atoms with Gasteiger partial charge in [0.1, 0.15) is 15.9 Å². The number of benzene rings is 1. The summed E-state index contributed by atoms with van der Waals surface area (Å²) in [7, 11) is -0.829. The Bertz CT molecular complexity index is 1080. The van der Waals surface area contributed by atoms with Crippen LogP contribution in [0.5, 0.6) is 0 Å². The first kappa shape index (κ1) is 24.1. The molecule has 0 radical (unpaired) electrons. The quantitative estimate of drug-likeness (QED) is 0.604. The molecular weight excluding hydrogens is 458 g/mol. The van der Waals surface area contributed by atoms with Crippen molar-refractivity contribution in [2.24, 2.45) is 0 Å². The molecule has 0 spiro atoms. The molecule has 164 valence electrons. The lowest BCUT2D eigenvalue weighted by atomic mass is 10.1. The fraction of sp³-hybridized carbons (Fsp3) is 0.333. The molecule has 0 unspecified atom stereocenters. The van der Waals surface area contributed by atoms with Crippen LogP contribution in [0.1, 0.15) is 16.8 Å². The minimum absolute atomic E-state index is 0.00129. The molecule has 12 heteroatoms. The van der Waals surface area contributed by atoms with Crippen LogP contribution in [0.4, 0.5) is 9.18 Å². The molecule has 1 aromatic heterocycles. The Morgan fingerprint density at radius 3 is 2.60 bits per heavy atom. The van der Waals surface area contributed by atoms with E-state index in [1.54, 1.807) is 19.1 Å². The first-order chi connectivity index (χ1) is 13.9. The molecule has 2 N–H and O–H groups in total. The largest absolute Gasteiger partial charge is 0.465 e. The van der Waals surface area contributed by atoms with Gasteiger partial charge in [-0.25, -0.2) is 26.6 Å². The van der Waals surface area contributed by atoms with Gasteiger partial charge < -0.3 is 10.4 Å². The summed E-state index contributed by atoms with van der Waals surface area (Å²) < 4.78 is 40.9. The summed E-state index contributed by atoms with van der Waals surface area (Å²) in [6, 6.07) is 4.61. The highest BCUT2D eigenvalue weighted by Crippen LogP contribution is 2.28.